The fourth-order valence-electron chi connectivity index (χ4n) is 5.73. The van der Waals surface area contributed by atoms with E-state index in [2.05, 4.69) is 9.80 Å². The molecule has 3 fully saturated rings. The molecule has 0 spiro atoms. The van der Waals surface area contributed by atoms with E-state index in [-0.39, 0.29) is 11.8 Å². The van der Waals surface area contributed by atoms with Crippen LogP contribution in [0.15, 0.2) is 42.5 Å². The van der Waals surface area contributed by atoms with E-state index in [1.54, 1.807) is 0 Å². The lowest BCUT2D eigenvalue weighted by Crippen LogP contribution is -2.49. The van der Waals surface area contributed by atoms with Crippen molar-refractivity contribution in [2.45, 2.75) is 44.6 Å². The Labute approximate surface area is 185 Å². The van der Waals surface area contributed by atoms with Gasteiger partial charge in [0.1, 0.15) is 0 Å². The van der Waals surface area contributed by atoms with E-state index >= 15 is 0 Å². The number of likely N-dealkylation sites (tertiary alicyclic amines) is 3. The molecule has 0 N–H and O–H groups in total. The Bertz CT molecular complexity index is 931. The molecule has 0 radical (unpaired) electrons. The number of hydrogen-bond acceptors (Lipinski definition) is 3. The second-order valence-electron chi connectivity index (χ2n) is 9.39. The van der Waals surface area contributed by atoms with Crippen LogP contribution in [-0.4, -0.2) is 71.8 Å². The number of hydrogen-bond donors (Lipinski definition) is 0. The molecule has 5 heteroatoms. The highest BCUT2D eigenvalue weighted by molar-refractivity contribution is 6.07. The zero-order chi connectivity index (χ0) is 21.2. The number of piperidine rings is 2. The molecule has 3 saturated heterocycles. The largest absolute Gasteiger partial charge is 0.342 e. The van der Waals surface area contributed by atoms with Crippen LogP contribution in [0.4, 0.5) is 0 Å². The molecule has 5 rings (SSSR count). The predicted molar refractivity (Wildman–Crippen MR) is 123 cm³/mol. The Morgan fingerprint density at radius 1 is 0.710 bits per heavy atom. The van der Waals surface area contributed by atoms with Crippen molar-refractivity contribution in [3.05, 3.63) is 48.0 Å². The van der Waals surface area contributed by atoms with Gasteiger partial charge in [0.2, 0.25) is 5.91 Å². The van der Waals surface area contributed by atoms with Crippen LogP contribution in [-0.2, 0) is 4.79 Å². The smallest absolute Gasteiger partial charge is 0.254 e. The highest BCUT2D eigenvalue weighted by atomic mass is 16.2. The van der Waals surface area contributed by atoms with Crippen molar-refractivity contribution >= 4 is 22.6 Å². The van der Waals surface area contributed by atoms with Crippen molar-refractivity contribution in [2.24, 2.45) is 5.92 Å². The first-order valence-electron chi connectivity index (χ1n) is 12.0. The van der Waals surface area contributed by atoms with Crippen LogP contribution in [0, 0.1) is 5.92 Å². The fourth-order valence-corrected chi connectivity index (χ4v) is 5.73. The van der Waals surface area contributed by atoms with Gasteiger partial charge in [-0.15, -0.1) is 0 Å². The molecule has 0 bridgehead atoms. The summed E-state index contributed by atoms with van der Waals surface area (Å²) in [5, 5.41) is 2.10. The molecule has 3 heterocycles. The van der Waals surface area contributed by atoms with Crippen LogP contribution in [0.3, 0.4) is 0 Å². The highest BCUT2D eigenvalue weighted by Gasteiger charge is 2.34. The molecule has 2 amide bonds. The minimum atomic E-state index is 0.0694. The van der Waals surface area contributed by atoms with Crippen molar-refractivity contribution < 1.29 is 9.59 Å². The van der Waals surface area contributed by atoms with Gasteiger partial charge in [0, 0.05) is 43.7 Å². The quantitative estimate of drug-likeness (QED) is 0.761. The number of benzene rings is 2. The van der Waals surface area contributed by atoms with Crippen molar-refractivity contribution in [2.75, 3.05) is 39.3 Å². The number of fused-ring (bicyclic) bond motifs is 1. The first kappa shape index (κ1) is 20.5. The molecule has 164 valence electrons. The molecule has 3 aliphatic heterocycles. The summed E-state index contributed by atoms with van der Waals surface area (Å²) in [4.78, 5) is 32.9. The molecule has 2 aromatic rings. The van der Waals surface area contributed by atoms with E-state index in [4.69, 9.17) is 0 Å². The zero-order valence-electron chi connectivity index (χ0n) is 18.3. The zero-order valence-corrected chi connectivity index (χ0v) is 18.3. The van der Waals surface area contributed by atoms with Gasteiger partial charge in [-0.25, -0.2) is 0 Å². The van der Waals surface area contributed by atoms with E-state index in [1.165, 1.54) is 25.9 Å². The molecular formula is C26H33N3O2. The Kier molecular flexibility index (Phi) is 5.95. The maximum absolute atomic E-state index is 13.2. The molecule has 5 nitrogen and oxygen atoms in total. The first-order chi connectivity index (χ1) is 15.2. The van der Waals surface area contributed by atoms with Crippen molar-refractivity contribution in [1.29, 1.82) is 0 Å². The summed E-state index contributed by atoms with van der Waals surface area (Å²) in [7, 11) is 0. The summed E-state index contributed by atoms with van der Waals surface area (Å²) in [5.74, 6) is 0.478. The number of carbonyl (C=O) groups is 2. The van der Waals surface area contributed by atoms with E-state index < -0.39 is 0 Å². The lowest BCUT2D eigenvalue weighted by molar-refractivity contribution is -0.138. The number of nitrogens with zero attached hydrogens (tertiary/aromatic N) is 3. The Morgan fingerprint density at radius 2 is 1.35 bits per heavy atom. The van der Waals surface area contributed by atoms with Crippen molar-refractivity contribution in [3.63, 3.8) is 0 Å². The summed E-state index contributed by atoms with van der Waals surface area (Å²) < 4.78 is 0. The minimum Gasteiger partial charge on any atom is -0.342 e. The lowest BCUT2D eigenvalue weighted by Gasteiger charge is -2.39. The second-order valence-corrected chi connectivity index (χ2v) is 9.39. The standard InChI is InChI=1S/C26H33N3O2/c30-25(28-18-12-22(13-19-28)27-14-3-4-15-27)21-10-16-29(17-11-21)26(31)24-9-5-7-20-6-1-2-8-23(20)24/h1-2,5-9,21-22H,3-4,10-19H2. The van der Waals surface area contributed by atoms with Gasteiger partial charge in [-0.05, 0) is 68.5 Å². The van der Waals surface area contributed by atoms with Gasteiger partial charge in [-0.3, -0.25) is 9.59 Å². The Morgan fingerprint density at radius 3 is 2.10 bits per heavy atom. The van der Waals surface area contributed by atoms with Gasteiger partial charge in [0.25, 0.3) is 5.91 Å². The topological polar surface area (TPSA) is 43.9 Å². The monoisotopic (exact) mass is 419 g/mol. The Balaban J connectivity index is 1.16. The number of rotatable bonds is 3. The van der Waals surface area contributed by atoms with Gasteiger partial charge in [-0.2, -0.15) is 0 Å². The molecular weight excluding hydrogens is 386 g/mol. The molecule has 31 heavy (non-hydrogen) atoms. The fraction of sp³-hybridized carbons (Fsp3) is 0.538. The second kappa shape index (κ2) is 8.99. The van der Waals surface area contributed by atoms with Gasteiger partial charge in [0.15, 0.2) is 0 Å². The van der Waals surface area contributed by atoms with E-state index in [1.807, 2.05) is 47.4 Å². The first-order valence-corrected chi connectivity index (χ1v) is 12.0. The maximum Gasteiger partial charge on any atom is 0.254 e. The lowest BCUT2D eigenvalue weighted by atomic mass is 9.93. The van der Waals surface area contributed by atoms with Crippen LogP contribution < -0.4 is 0 Å². The van der Waals surface area contributed by atoms with Crippen LogP contribution in [0.2, 0.25) is 0 Å². The summed E-state index contributed by atoms with van der Waals surface area (Å²) in [6, 6.07) is 14.6. The third kappa shape index (κ3) is 4.20. The van der Waals surface area contributed by atoms with Gasteiger partial charge >= 0.3 is 0 Å². The molecule has 3 aliphatic rings. The highest BCUT2D eigenvalue weighted by Crippen LogP contribution is 2.27. The SMILES string of the molecule is O=C(c1cccc2ccccc12)N1CCC(C(=O)N2CCC(N3CCCC3)CC2)CC1. The summed E-state index contributed by atoms with van der Waals surface area (Å²) in [5.41, 5.74) is 0.770. The van der Waals surface area contributed by atoms with Crippen molar-refractivity contribution in [3.8, 4) is 0 Å². The maximum atomic E-state index is 13.2. The summed E-state index contributed by atoms with van der Waals surface area (Å²) in [6.07, 6.45) is 6.45. The van der Waals surface area contributed by atoms with E-state index in [9.17, 15) is 9.59 Å². The van der Waals surface area contributed by atoms with Crippen LogP contribution >= 0.6 is 0 Å². The van der Waals surface area contributed by atoms with Gasteiger partial charge in [0.05, 0.1) is 0 Å². The van der Waals surface area contributed by atoms with Gasteiger partial charge < -0.3 is 14.7 Å². The third-order valence-corrected chi connectivity index (χ3v) is 7.58. The molecule has 0 saturated carbocycles. The minimum absolute atomic E-state index is 0.0694. The van der Waals surface area contributed by atoms with Crippen LogP contribution in [0.5, 0.6) is 0 Å². The molecule has 0 aromatic heterocycles. The van der Waals surface area contributed by atoms with Crippen LogP contribution in [0.1, 0.15) is 48.9 Å². The van der Waals surface area contributed by atoms with Crippen LogP contribution in [0.25, 0.3) is 10.8 Å². The predicted octanol–water partition coefficient (Wildman–Crippen LogP) is 3.78. The molecule has 2 aromatic carbocycles. The summed E-state index contributed by atoms with van der Waals surface area (Å²) >= 11 is 0. The average Bonchev–Trinajstić information content (AvgIpc) is 3.38. The molecule has 0 atom stereocenters. The molecule has 0 unspecified atom stereocenters. The van der Waals surface area contributed by atoms with Gasteiger partial charge in [-0.1, -0.05) is 36.4 Å². The third-order valence-electron chi connectivity index (χ3n) is 7.58. The van der Waals surface area contributed by atoms with E-state index in [0.29, 0.717) is 25.0 Å². The van der Waals surface area contributed by atoms with Crippen molar-refractivity contribution in [1.82, 2.24) is 14.7 Å². The number of carbonyl (C=O) groups excluding carboxylic acids is 2. The summed E-state index contributed by atoms with van der Waals surface area (Å²) in [6.45, 7) is 5.61. The van der Waals surface area contributed by atoms with E-state index in [0.717, 1.165) is 55.1 Å². The Hall–Kier alpha value is -2.40. The normalized spacial score (nSPS) is 21.7. The number of amides is 2. The average molecular weight is 420 g/mol. The molecule has 0 aliphatic carbocycles.